The zero-order chi connectivity index (χ0) is 14.3. The minimum atomic E-state index is -0.833. The second-order valence-corrected chi connectivity index (χ2v) is 4.91. The van der Waals surface area contributed by atoms with Gasteiger partial charge in [0.15, 0.2) is 0 Å². The number of rotatable bonds is 5. The first kappa shape index (κ1) is 16.4. The van der Waals surface area contributed by atoms with Gasteiger partial charge in [0.2, 0.25) is 5.91 Å². The summed E-state index contributed by atoms with van der Waals surface area (Å²) >= 11 is 0. The molecule has 1 unspecified atom stereocenters. The third kappa shape index (κ3) is 5.65. The number of esters is 2. The molecule has 0 saturated heterocycles. The fraction of sp³-hybridized carbons (Fsp3) is 0.750. The summed E-state index contributed by atoms with van der Waals surface area (Å²) in [6.07, 6.45) is 0.196. The van der Waals surface area contributed by atoms with Crippen molar-refractivity contribution in [1.29, 1.82) is 0 Å². The lowest BCUT2D eigenvalue weighted by Gasteiger charge is -2.22. The Labute approximate surface area is 107 Å². The van der Waals surface area contributed by atoms with Crippen LogP contribution in [-0.4, -0.2) is 38.1 Å². The van der Waals surface area contributed by atoms with Gasteiger partial charge in [-0.1, -0.05) is 20.8 Å². The second-order valence-electron chi connectivity index (χ2n) is 4.91. The van der Waals surface area contributed by atoms with Crippen LogP contribution in [0.15, 0.2) is 0 Å². The predicted octanol–water partition coefficient (Wildman–Crippen LogP) is 0.643. The molecular formula is C12H21NO5. The van der Waals surface area contributed by atoms with Gasteiger partial charge in [0, 0.05) is 11.8 Å². The van der Waals surface area contributed by atoms with Crippen molar-refractivity contribution in [3.8, 4) is 0 Å². The van der Waals surface area contributed by atoms with Crippen molar-refractivity contribution in [1.82, 2.24) is 5.32 Å². The van der Waals surface area contributed by atoms with Crippen LogP contribution < -0.4 is 5.32 Å². The van der Waals surface area contributed by atoms with Crippen LogP contribution in [0.3, 0.4) is 0 Å². The molecule has 0 heterocycles. The van der Waals surface area contributed by atoms with Crippen molar-refractivity contribution >= 4 is 17.8 Å². The standard InChI is InChI=1S/C12H21NO5/c1-12(2,3)11(16)13-8(10(15)18-5)6-7-9(14)17-4/h8H,6-7H2,1-5H3,(H,13,16). The monoisotopic (exact) mass is 259 g/mol. The number of ether oxygens (including phenoxy) is 2. The topological polar surface area (TPSA) is 81.7 Å². The molecule has 0 rings (SSSR count). The number of hydrogen-bond acceptors (Lipinski definition) is 5. The minimum absolute atomic E-state index is 0.0424. The van der Waals surface area contributed by atoms with Crippen molar-refractivity contribution < 1.29 is 23.9 Å². The molecule has 18 heavy (non-hydrogen) atoms. The Morgan fingerprint density at radius 3 is 2.06 bits per heavy atom. The highest BCUT2D eigenvalue weighted by atomic mass is 16.5. The number of hydrogen-bond donors (Lipinski definition) is 1. The highest BCUT2D eigenvalue weighted by Crippen LogP contribution is 2.14. The van der Waals surface area contributed by atoms with Crippen LogP contribution in [0.25, 0.3) is 0 Å². The van der Waals surface area contributed by atoms with E-state index in [1.54, 1.807) is 20.8 Å². The van der Waals surface area contributed by atoms with Crippen molar-refractivity contribution in [3.05, 3.63) is 0 Å². The summed E-state index contributed by atoms with van der Waals surface area (Å²) in [6.45, 7) is 5.20. The van der Waals surface area contributed by atoms with Crippen molar-refractivity contribution in [2.24, 2.45) is 5.41 Å². The summed E-state index contributed by atoms with van der Waals surface area (Å²) < 4.78 is 9.07. The summed E-state index contributed by atoms with van der Waals surface area (Å²) in [6, 6.07) is -0.833. The molecule has 0 bridgehead atoms. The summed E-state index contributed by atoms with van der Waals surface area (Å²) in [5.41, 5.74) is -0.614. The molecule has 0 radical (unpaired) electrons. The maximum atomic E-state index is 11.8. The Morgan fingerprint density at radius 2 is 1.67 bits per heavy atom. The van der Waals surface area contributed by atoms with Crippen LogP contribution in [0, 0.1) is 5.41 Å². The normalized spacial score (nSPS) is 12.5. The third-order valence-electron chi connectivity index (χ3n) is 2.34. The van der Waals surface area contributed by atoms with Crippen LogP contribution in [0.1, 0.15) is 33.6 Å². The van der Waals surface area contributed by atoms with Gasteiger partial charge in [-0.3, -0.25) is 9.59 Å². The largest absolute Gasteiger partial charge is 0.469 e. The third-order valence-corrected chi connectivity index (χ3v) is 2.34. The Hall–Kier alpha value is -1.59. The highest BCUT2D eigenvalue weighted by molar-refractivity contribution is 5.87. The van der Waals surface area contributed by atoms with Crippen LogP contribution in [-0.2, 0) is 23.9 Å². The number of amides is 1. The van der Waals surface area contributed by atoms with Gasteiger partial charge in [-0.15, -0.1) is 0 Å². The first-order valence-electron chi connectivity index (χ1n) is 5.68. The van der Waals surface area contributed by atoms with Crippen LogP contribution in [0.4, 0.5) is 0 Å². The van der Waals surface area contributed by atoms with Gasteiger partial charge < -0.3 is 14.8 Å². The molecular weight excluding hydrogens is 238 g/mol. The highest BCUT2D eigenvalue weighted by Gasteiger charge is 2.28. The zero-order valence-electron chi connectivity index (χ0n) is 11.5. The lowest BCUT2D eigenvalue weighted by atomic mass is 9.95. The predicted molar refractivity (Wildman–Crippen MR) is 64.7 cm³/mol. The molecule has 1 amide bonds. The van der Waals surface area contributed by atoms with Crippen LogP contribution in [0.5, 0.6) is 0 Å². The van der Waals surface area contributed by atoms with E-state index < -0.39 is 23.4 Å². The van der Waals surface area contributed by atoms with Crippen molar-refractivity contribution in [3.63, 3.8) is 0 Å². The first-order valence-corrected chi connectivity index (χ1v) is 5.68. The average molecular weight is 259 g/mol. The van der Waals surface area contributed by atoms with E-state index in [1.807, 2.05) is 0 Å². The van der Waals surface area contributed by atoms with Gasteiger partial charge in [-0.25, -0.2) is 4.79 Å². The molecule has 104 valence electrons. The molecule has 0 aromatic carbocycles. The molecule has 6 heteroatoms. The SMILES string of the molecule is COC(=O)CCC(NC(=O)C(C)(C)C)C(=O)OC. The molecule has 0 aromatic heterocycles. The quantitative estimate of drug-likeness (QED) is 0.733. The average Bonchev–Trinajstić information content (AvgIpc) is 2.31. The van der Waals surface area contributed by atoms with E-state index in [-0.39, 0.29) is 18.7 Å². The maximum absolute atomic E-state index is 11.8. The number of carbonyl (C=O) groups is 3. The van der Waals surface area contributed by atoms with E-state index in [4.69, 9.17) is 0 Å². The molecule has 0 aliphatic rings. The Balaban J connectivity index is 4.56. The van der Waals surface area contributed by atoms with Crippen molar-refractivity contribution in [2.75, 3.05) is 14.2 Å². The lowest BCUT2D eigenvalue weighted by Crippen LogP contribution is -2.46. The van der Waals surface area contributed by atoms with E-state index in [9.17, 15) is 14.4 Å². The molecule has 1 atom stereocenters. The molecule has 1 N–H and O–H groups in total. The summed E-state index contributed by atoms with van der Waals surface area (Å²) in [5.74, 6) is -1.28. The zero-order valence-corrected chi connectivity index (χ0v) is 11.5. The van der Waals surface area contributed by atoms with E-state index in [0.29, 0.717) is 0 Å². The van der Waals surface area contributed by atoms with E-state index in [1.165, 1.54) is 14.2 Å². The van der Waals surface area contributed by atoms with Gasteiger partial charge in [-0.2, -0.15) is 0 Å². The first-order chi connectivity index (χ1) is 8.22. The van der Waals surface area contributed by atoms with Crippen LogP contribution in [0.2, 0.25) is 0 Å². The Bertz CT molecular complexity index is 319. The van der Waals surface area contributed by atoms with E-state index in [2.05, 4.69) is 14.8 Å². The van der Waals surface area contributed by atoms with Gasteiger partial charge in [0.1, 0.15) is 6.04 Å². The van der Waals surface area contributed by atoms with E-state index in [0.717, 1.165) is 0 Å². The van der Waals surface area contributed by atoms with Crippen molar-refractivity contribution in [2.45, 2.75) is 39.7 Å². The summed E-state index contributed by atoms with van der Waals surface area (Å²) in [4.78, 5) is 34.3. The molecule has 0 spiro atoms. The fourth-order valence-corrected chi connectivity index (χ4v) is 1.13. The molecule has 0 saturated carbocycles. The maximum Gasteiger partial charge on any atom is 0.328 e. The molecule has 0 aliphatic heterocycles. The summed E-state index contributed by atoms with van der Waals surface area (Å²) in [5, 5.41) is 2.57. The number of nitrogens with one attached hydrogen (secondary N) is 1. The molecule has 0 aliphatic carbocycles. The van der Waals surface area contributed by atoms with E-state index >= 15 is 0 Å². The smallest absolute Gasteiger partial charge is 0.328 e. The van der Waals surface area contributed by atoms with Gasteiger partial charge in [-0.05, 0) is 6.42 Å². The Kier molecular flexibility index (Phi) is 6.36. The van der Waals surface area contributed by atoms with Gasteiger partial charge in [0.25, 0.3) is 0 Å². The Morgan fingerprint density at radius 1 is 1.11 bits per heavy atom. The van der Waals surface area contributed by atoms with Crippen LogP contribution >= 0.6 is 0 Å². The number of methoxy groups -OCH3 is 2. The second kappa shape index (κ2) is 6.98. The lowest BCUT2D eigenvalue weighted by molar-refractivity contribution is -0.147. The molecule has 0 aromatic rings. The minimum Gasteiger partial charge on any atom is -0.469 e. The fourth-order valence-electron chi connectivity index (χ4n) is 1.13. The molecule has 0 fully saturated rings. The van der Waals surface area contributed by atoms with Gasteiger partial charge >= 0.3 is 11.9 Å². The summed E-state index contributed by atoms with van der Waals surface area (Å²) in [7, 11) is 2.50. The number of carbonyl (C=O) groups excluding carboxylic acids is 3. The van der Waals surface area contributed by atoms with Gasteiger partial charge in [0.05, 0.1) is 14.2 Å². The molecule has 6 nitrogen and oxygen atoms in total.